The number of carbonyl (C=O) groups excluding carboxylic acids is 2. The highest BCUT2D eigenvalue weighted by Gasteiger charge is 2.11. The van der Waals surface area contributed by atoms with Crippen molar-refractivity contribution in [2.75, 3.05) is 18.5 Å². The van der Waals surface area contributed by atoms with E-state index in [0.717, 1.165) is 29.8 Å². The number of nitrogens with zero attached hydrogens (tertiary/aromatic N) is 2. The zero-order valence-electron chi connectivity index (χ0n) is 16.1. The third kappa shape index (κ3) is 6.11. The first-order valence-electron chi connectivity index (χ1n) is 9.32. The molecular formula is C21H22N4O3S. The van der Waals surface area contributed by atoms with Gasteiger partial charge in [-0.15, -0.1) is 11.3 Å². The minimum Gasteiger partial charge on any atom is -0.494 e. The maximum absolute atomic E-state index is 12.2. The first kappa shape index (κ1) is 20.5. The van der Waals surface area contributed by atoms with Crippen LogP contribution in [0.2, 0.25) is 0 Å². The van der Waals surface area contributed by atoms with Gasteiger partial charge in [-0.1, -0.05) is 13.3 Å². The molecule has 2 amide bonds. The van der Waals surface area contributed by atoms with Crippen molar-refractivity contribution in [1.29, 1.82) is 0 Å². The maximum atomic E-state index is 12.2. The molecule has 0 aliphatic heterocycles. The fraction of sp³-hybridized carbons (Fsp3) is 0.238. The summed E-state index contributed by atoms with van der Waals surface area (Å²) in [6.45, 7) is 2.61. The van der Waals surface area contributed by atoms with Gasteiger partial charge in [0.2, 0.25) is 5.91 Å². The van der Waals surface area contributed by atoms with Crippen molar-refractivity contribution in [2.24, 2.45) is 0 Å². The lowest BCUT2D eigenvalue weighted by Crippen LogP contribution is -2.32. The van der Waals surface area contributed by atoms with Crippen molar-refractivity contribution in [1.82, 2.24) is 15.3 Å². The summed E-state index contributed by atoms with van der Waals surface area (Å²) in [6, 6.07) is 10.6. The van der Waals surface area contributed by atoms with E-state index < -0.39 is 0 Å². The molecule has 0 aliphatic carbocycles. The van der Waals surface area contributed by atoms with E-state index in [4.69, 9.17) is 4.74 Å². The van der Waals surface area contributed by atoms with Crippen LogP contribution in [0.4, 0.5) is 5.13 Å². The molecule has 0 radical (unpaired) electrons. The molecule has 8 heteroatoms. The lowest BCUT2D eigenvalue weighted by molar-refractivity contribution is -0.115. The number of hydrogen-bond donors (Lipinski definition) is 2. The Kier molecular flexibility index (Phi) is 7.29. The van der Waals surface area contributed by atoms with Crippen LogP contribution in [0.3, 0.4) is 0 Å². The second kappa shape index (κ2) is 10.3. The largest absolute Gasteiger partial charge is 0.494 e. The van der Waals surface area contributed by atoms with Gasteiger partial charge in [-0.25, -0.2) is 4.98 Å². The number of amides is 2. The van der Waals surface area contributed by atoms with E-state index in [0.29, 0.717) is 17.3 Å². The lowest BCUT2D eigenvalue weighted by Gasteiger charge is -2.07. The number of thiazole rings is 1. The van der Waals surface area contributed by atoms with Gasteiger partial charge < -0.3 is 15.4 Å². The smallest absolute Gasteiger partial charge is 0.251 e. The number of anilines is 1. The Labute approximate surface area is 173 Å². The van der Waals surface area contributed by atoms with Gasteiger partial charge in [0.15, 0.2) is 5.13 Å². The van der Waals surface area contributed by atoms with Crippen molar-refractivity contribution in [3.63, 3.8) is 0 Å². The van der Waals surface area contributed by atoms with E-state index in [-0.39, 0.29) is 18.4 Å². The van der Waals surface area contributed by atoms with Crippen LogP contribution in [-0.4, -0.2) is 34.9 Å². The number of ether oxygens (including phenoxy) is 1. The monoisotopic (exact) mass is 410 g/mol. The van der Waals surface area contributed by atoms with Gasteiger partial charge in [0.1, 0.15) is 5.75 Å². The van der Waals surface area contributed by atoms with E-state index in [2.05, 4.69) is 27.5 Å². The van der Waals surface area contributed by atoms with Crippen LogP contribution in [0.25, 0.3) is 11.3 Å². The Hall–Kier alpha value is -3.26. The summed E-state index contributed by atoms with van der Waals surface area (Å²) in [5.41, 5.74) is 2.08. The Morgan fingerprint density at radius 1 is 1.17 bits per heavy atom. The molecule has 3 aromatic rings. The van der Waals surface area contributed by atoms with Gasteiger partial charge in [-0.2, -0.15) is 0 Å². The summed E-state index contributed by atoms with van der Waals surface area (Å²) < 4.78 is 5.57. The average Bonchev–Trinajstić information content (AvgIpc) is 3.22. The van der Waals surface area contributed by atoms with Gasteiger partial charge in [-0.05, 0) is 42.8 Å². The quantitative estimate of drug-likeness (QED) is 0.524. The molecule has 0 saturated carbocycles. The van der Waals surface area contributed by atoms with Crippen LogP contribution in [-0.2, 0) is 4.79 Å². The molecule has 0 bridgehead atoms. The third-order valence-corrected chi connectivity index (χ3v) is 4.76. The SMILES string of the molecule is CCCCOc1ccc(C(=O)NCC(=O)Nc2nc(-c3cccnc3)cs2)cc1. The highest BCUT2D eigenvalue weighted by atomic mass is 32.1. The molecule has 0 atom stereocenters. The van der Waals surface area contributed by atoms with Crippen LogP contribution < -0.4 is 15.4 Å². The van der Waals surface area contributed by atoms with E-state index in [1.165, 1.54) is 11.3 Å². The molecule has 2 heterocycles. The molecule has 3 rings (SSSR count). The number of aromatic nitrogens is 2. The summed E-state index contributed by atoms with van der Waals surface area (Å²) in [5.74, 6) is 0.0568. The molecule has 0 fully saturated rings. The van der Waals surface area contributed by atoms with Crippen molar-refractivity contribution >= 4 is 28.3 Å². The van der Waals surface area contributed by atoms with Crippen LogP contribution in [0.15, 0.2) is 54.2 Å². The van der Waals surface area contributed by atoms with E-state index in [1.807, 2.05) is 17.5 Å². The van der Waals surface area contributed by atoms with E-state index in [1.54, 1.807) is 36.7 Å². The van der Waals surface area contributed by atoms with Gasteiger partial charge in [0, 0.05) is 28.9 Å². The minimum absolute atomic E-state index is 0.143. The van der Waals surface area contributed by atoms with Crippen molar-refractivity contribution in [3.8, 4) is 17.0 Å². The lowest BCUT2D eigenvalue weighted by atomic mass is 10.2. The fourth-order valence-electron chi connectivity index (χ4n) is 2.44. The molecule has 1 aromatic carbocycles. The Morgan fingerprint density at radius 3 is 2.72 bits per heavy atom. The predicted molar refractivity (Wildman–Crippen MR) is 113 cm³/mol. The number of hydrogen-bond acceptors (Lipinski definition) is 6. The molecule has 0 saturated heterocycles. The predicted octanol–water partition coefficient (Wildman–Crippen LogP) is 3.75. The summed E-state index contributed by atoms with van der Waals surface area (Å²) in [4.78, 5) is 32.7. The Balaban J connectivity index is 1.46. The summed E-state index contributed by atoms with van der Waals surface area (Å²) in [5, 5.41) is 7.61. The van der Waals surface area contributed by atoms with Crippen LogP contribution in [0.1, 0.15) is 30.1 Å². The summed E-state index contributed by atoms with van der Waals surface area (Å²) >= 11 is 1.32. The van der Waals surface area contributed by atoms with Gasteiger partial charge >= 0.3 is 0 Å². The third-order valence-electron chi connectivity index (χ3n) is 4.00. The number of rotatable bonds is 9. The van der Waals surface area contributed by atoms with Crippen molar-refractivity contribution in [3.05, 3.63) is 59.7 Å². The van der Waals surface area contributed by atoms with Crippen LogP contribution in [0.5, 0.6) is 5.75 Å². The maximum Gasteiger partial charge on any atom is 0.251 e. The molecule has 0 aliphatic rings. The van der Waals surface area contributed by atoms with Crippen molar-refractivity contribution < 1.29 is 14.3 Å². The number of benzene rings is 1. The zero-order valence-corrected chi connectivity index (χ0v) is 16.9. The standard InChI is InChI=1S/C21H22N4O3S/c1-2-3-11-28-17-8-6-15(7-9-17)20(27)23-13-19(26)25-21-24-18(14-29-21)16-5-4-10-22-12-16/h4-10,12,14H,2-3,11,13H2,1H3,(H,23,27)(H,24,25,26). The molecule has 29 heavy (non-hydrogen) atoms. The van der Waals surface area contributed by atoms with Crippen LogP contribution in [0, 0.1) is 0 Å². The van der Waals surface area contributed by atoms with Gasteiger partial charge in [-0.3, -0.25) is 14.6 Å². The molecule has 2 aromatic heterocycles. The fourth-order valence-corrected chi connectivity index (χ4v) is 3.18. The molecule has 150 valence electrons. The number of nitrogens with one attached hydrogen (secondary N) is 2. The first-order chi connectivity index (χ1) is 14.2. The second-order valence-electron chi connectivity index (χ2n) is 6.24. The highest BCUT2D eigenvalue weighted by Crippen LogP contribution is 2.23. The van der Waals surface area contributed by atoms with Crippen LogP contribution >= 0.6 is 11.3 Å². The molecule has 7 nitrogen and oxygen atoms in total. The van der Waals surface area contributed by atoms with E-state index >= 15 is 0 Å². The average molecular weight is 410 g/mol. The second-order valence-corrected chi connectivity index (χ2v) is 7.09. The highest BCUT2D eigenvalue weighted by molar-refractivity contribution is 7.14. The molecule has 2 N–H and O–H groups in total. The molecule has 0 unspecified atom stereocenters. The van der Waals surface area contributed by atoms with Gasteiger partial charge in [0.05, 0.1) is 18.8 Å². The summed E-state index contributed by atoms with van der Waals surface area (Å²) in [6.07, 6.45) is 5.45. The zero-order chi connectivity index (χ0) is 20.5. The first-order valence-corrected chi connectivity index (χ1v) is 10.2. The normalized spacial score (nSPS) is 10.4. The Bertz CT molecular complexity index is 942. The minimum atomic E-state index is -0.343. The topological polar surface area (TPSA) is 93.2 Å². The molecular weight excluding hydrogens is 388 g/mol. The Morgan fingerprint density at radius 2 is 2.00 bits per heavy atom. The van der Waals surface area contributed by atoms with E-state index in [9.17, 15) is 9.59 Å². The summed E-state index contributed by atoms with van der Waals surface area (Å²) in [7, 11) is 0. The number of unbranched alkanes of at least 4 members (excludes halogenated alkanes) is 1. The number of pyridine rings is 1. The molecule has 0 spiro atoms. The van der Waals surface area contributed by atoms with Gasteiger partial charge in [0.25, 0.3) is 5.91 Å². The number of carbonyl (C=O) groups is 2. The van der Waals surface area contributed by atoms with Crippen molar-refractivity contribution in [2.45, 2.75) is 19.8 Å².